The van der Waals surface area contributed by atoms with Crippen LogP contribution in [0.15, 0.2) is 16.8 Å². The maximum absolute atomic E-state index is 13.1. The first-order valence-corrected chi connectivity index (χ1v) is 7.25. The van der Waals surface area contributed by atoms with Crippen molar-refractivity contribution in [2.24, 2.45) is 4.99 Å². The number of halogens is 1. The van der Waals surface area contributed by atoms with Crippen molar-refractivity contribution in [3.63, 3.8) is 0 Å². The minimum Gasteiger partial charge on any atom is -0.355 e. The lowest BCUT2D eigenvalue weighted by Gasteiger charge is -2.34. The molecule has 0 unspecified atom stereocenters. The van der Waals surface area contributed by atoms with Gasteiger partial charge in [0.05, 0.1) is 0 Å². The number of aliphatic imine (C=N–C) groups is 1. The molecule has 0 aliphatic carbocycles. The van der Waals surface area contributed by atoms with E-state index < -0.39 is 5.97 Å². The second-order valence-corrected chi connectivity index (χ2v) is 5.23. The minimum absolute atomic E-state index is 0.0343. The van der Waals surface area contributed by atoms with Crippen LogP contribution in [-0.2, 0) is 9.59 Å². The van der Waals surface area contributed by atoms with Crippen LogP contribution in [0.4, 0.5) is 4.39 Å². The van der Waals surface area contributed by atoms with Gasteiger partial charge in [-0.05, 0) is 6.42 Å². The van der Waals surface area contributed by atoms with Gasteiger partial charge in [-0.25, -0.2) is 4.99 Å². The average Bonchev–Trinajstić information content (AvgIpc) is 2.47. The molecule has 2 aliphatic rings. The van der Waals surface area contributed by atoms with E-state index >= 15 is 0 Å². The highest BCUT2D eigenvalue weighted by atomic mass is 19.1. The van der Waals surface area contributed by atoms with Crippen LogP contribution in [0, 0.1) is 0 Å². The third-order valence-electron chi connectivity index (χ3n) is 3.61. The third kappa shape index (κ3) is 4.63. The number of nitrogens with one attached hydrogen (secondary N) is 1. The first-order valence-electron chi connectivity index (χ1n) is 7.25. The molecule has 21 heavy (non-hydrogen) atoms. The molecule has 0 aromatic carbocycles. The molecule has 0 atom stereocenters. The number of piperazine rings is 1. The van der Waals surface area contributed by atoms with Crippen molar-refractivity contribution < 1.29 is 14.0 Å². The standard InChI is InChI=1S/C14H21FN4O2/c1-11(20)16-5-6-18-7-9-19(10-8-18)14(21)12-3-2-4-13(15)17-12/h3H,2,4-10H2,1H3,(H,16,20). The van der Waals surface area contributed by atoms with Crippen LogP contribution in [0.5, 0.6) is 0 Å². The zero-order chi connectivity index (χ0) is 15.2. The first-order chi connectivity index (χ1) is 10.1. The van der Waals surface area contributed by atoms with Gasteiger partial charge >= 0.3 is 0 Å². The van der Waals surface area contributed by atoms with E-state index in [9.17, 15) is 14.0 Å². The van der Waals surface area contributed by atoms with Crippen LogP contribution in [0.1, 0.15) is 19.8 Å². The summed E-state index contributed by atoms with van der Waals surface area (Å²) in [5, 5.41) is 2.75. The van der Waals surface area contributed by atoms with Crippen LogP contribution in [0.3, 0.4) is 0 Å². The molecule has 116 valence electrons. The highest BCUT2D eigenvalue weighted by Gasteiger charge is 2.24. The van der Waals surface area contributed by atoms with Crippen LogP contribution in [0.2, 0.25) is 0 Å². The van der Waals surface area contributed by atoms with Gasteiger partial charge in [-0.1, -0.05) is 6.08 Å². The largest absolute Gasteiger partial charge is 0.355 e. The van der Waals surface area contributed by atoms with Crippen LogP contribution in [-0.4, -0.2) is 66.8 Å². The maximum atomic E-state index is 13.1. The molecule has 1 saturated heterocycles. The summed E-state index contributed by atoms with van der Waals surface area (Å²) >= 11 is 0. The zero-order valence-corrected chi connectivity index (χ0v) is 12.3. The van der Waals surface area contributed by atoms with E-state index in [0.29, 0.717) is 26.1 Å². The topological polar surface area (TPSA) is 65.0 Å². The second-order valence-electron chi connectivity index (χ2n) is 5.23. The summed E-state index contributed by atoms with van der Waals surface area (Å²) in [4.78, 5) is 30.6. The molecule has 0 bridgehead atoms. The Morgan fingerprint density at radius 3 is 2.67 bits per heavy atom. The smallest absolute Gasteiger partial charge is 0.272 e. The van der Waals surface area contributed by atoms with Gasteiger partial charge in [0.15, 0.2) is 5.97 Å². The Balaban J connectivity index is 1.77. The Morgan fingerprint density at radius 1 is 1.33 bits per heavy atom. The Hall–Kier alpha value is -1.76. The number of allylic oxidation sites excluding steroid dienone is 1. The van der Waals surface area contributed by atoms with Crippen molar-refractivity contribution in [3.8, 4) is 0 Å². The molecule has 2 heterocycles. The number of rotatable bonds is 4. The van der Waals surface area contributed by atoms with E-state index in [0.717, 1.165) is 19.6 Å². The van der Waals surface area contributed by atoms with E-state index in [4.69, 9.17) is 0 Å². The summed E-state index contributed by atoms with van der Waals surface area (Å²) in [6, 6.07) is 0. The van der Waals surface area contributed by atoms with Gasteiger partial charge in [0.1, 0.15) is 5.70 Å². The fraction of sp³-hybridized carbons (Fsp3) is 0.643. The van der Waals surface area contributed by atoms with Crippen LogP contribution < -0.4 is 5.32 Å². The normalized spacial score (nSPS) is 19.8. The van der Waals surface area contributed by atoms with Gasteiger partial charge < -0.3 is 10.2 Å². The summed E-state index contributed by atoms with van der Waals surface area (Å²) in [5.41, 5.74) is 0.227. The van der Waals surface area contributed by atoms with Gasteiger partial charge in [-0.2, -0.15) is 4.39 Å². The Bertz CT molecular complexity index is 468. The van der Waals surface area contributed by atoms with Gasteiger partial charge in [0.2, 0.25) is 5.91 Å². The fourth-order valence-electron chi connectivity index (χ4n) is 2.42. The molecular formula is C14H21FN4O2. The highest BCUT2D eigenvalue weighted by Crippen LogP contribution is 2.15. The van der Waals surface area contributed by atoms with Gasteiger partial charge in [0.25, 0.3) is 5.91 Å². The molecule has 1 N–H and O–H groups in total. The predicted octanol–water partition coefficient (Wildman–Crippen LogP) is 0.312. The van der Waals surface area contributed by atoms with Gasteiger partial charge in [-0.15, -0.1) is 0 Å². The molecule has 0 radical (unpaired) electrons. The Kier molecular flexibility index (Phi) is 5.44. The highest BCUT2D eigenvalue weighted by molar-refractivity contribution is 5.96. The molecule has 0 aromatic rings. The number of carbonyl (C=O) groups excluding carboxylic acids is 2. The quantitative estimate of drug-likeness (QED) is 0.812. The summed E-state index contributed by atoms with van der Waals surface area (Å²) < 4.78 is 13.1. The monoisotopic (exact) mass is 296 g/mol. The van der Waals surface area contributed by atoms with Gasteiger partial charge in [-0.3, -0.25) is 14.5 Å². The maximum Gasteiger partial charge on any atom is 0.272 e. The summed E-state index contributed by atoms with van der Waals surface area (Å²) in [7, 11) is 0. The summed E-state index contributed by atoms with van der Waals surface area (Å²) in [6.45, 7) is 5.60. The lowest BCUT2D eigenvalue weighted by Crippen LogP contribution is -2.50. The molecular weight excluding hydrogens is 275 g/mol. The van der Waals surface area contributed by atoms with Crippen molar-refractivity contribution >= 4 is 17.8 Å². The summed E-state index contributed by atoms with van der Waals surface area (Å²) in [6.07, 6.45) is 2.52. The Labute approximate surface area is 123 Å². The number of hydrogen-bond acceptors (Lipinski definition) is 4. The fourth-order valence-corrected chi connectivity index (χ4v) is 2.42. The van der Waals surface area contributed by atoms with Crippen molar-refractivity contribution in [2.45, 2.75) is 19.8 Å². The number of hydrogen-bond donors (Lipinski definition) is 1. The van der Waals surface area contributed by atoms with Crippen molar-refractivity contribution in [1.29, 1.82) is 0 Å². The number of carbonyl (C=O) groups is 2. The Morgan fingerprint density at radius 2 is 2.05 bits per heavy atom. The van der Waals surface area contributed by atoms with E-state index in [1.807, 2.05) is 0 Å². The van der Waals surface area contributed by atoms with Crippen LogP contribution in [0.25, 0.3) is 0 Å². The van der Waals surface area contributed by atoms with E-state index in [1.165, 1.54) is 6.92 Å². The predicted molar refractivity (Wildman–Crippen MR) is 77.6 cm³/mol. The average molecular weight is 296 g/mol. The molecule has 1 fully saturated rings. The van der Waals surface area contributed by atoms with E-state index in [-0.39, 0.29) is 23.9 Å². The molecule has 2 amide bonds. The first kappa shape index (κ1) is 15.6. The van der Waals surface area contributed by atoms with Crippen molar-refractivity contribution in [3.05, 3.63) is 11.8 Å². The number of amides is 2. The molecule has 2 rings (SSSR count). The SMILES string of the molecule is CC(=O)NCCN1CCN(C(=O)C2=CCCC(F)=N2)CC1. The van der Waals surface area contributed by atoms with Gasteiger partial charge in [0, 0.05) is 52.6 Å². The molecule has 0 spiro atoms. The zero-order valence-electron chi connectivity index (χ0n) is 12.3. The second kappa shape index (κ2) is 7.31. The molecule has 2 aliphatic heterocycles. The number of nitrogens with zero attached hydrogens (tertiary/aromatic N) is 3. The third-order valence-corrected chi connectivity index (χ3v) is 3.61. The molecule has 6 nitrogen and oxygen atoms in total. The molecule has 7 heteroatoms. The van der Waals surface area contributed by atoms with Crippen molar-refractivity contribution in [2.75, 3.05) is 39.3 Å². The van der Waals surface area contributed by atoms with Crippen LogP contribution >= 0.6 is 0 Å². The van der Waals surface area contributed by atoms with Crippen molar-refractivity contribution in [1.82, 2.24) is 15.1 Å². The minimum atomic E-state index is -0.463. The van der Waals surface area contributed by atoms with E-state index in [1.54, 1.807) is 11.0 Å². The molecule has 0 aromatic heterocycles. The lowest BCUT2D eigenvalue weighted by molar-refractivity contribution is -0.128. The van der Waals surface area contributed by atoms with E-state index in [2.05, 4.69) is 15.2 Å². The summed E-state index contributed by atoms with van der Waals surface area (Å²) in [5.74, 6) is -0.686. The molecule has 0 saturated carbocycles. The lowest BCUT2D eigenvalue weighted by atomic mass is 10.2.